The third-order valence-electron chi connectivity index (χ3n) is 4.09. The highest BCUT2D eigenvalue weighted by molar-refractivity contribution is 5.76. The summed E-state index contributed by atoms with van der Waals surface area (Å²) >= 11 is 0. The van der Waals surface area contributed by atoms with Crippen molar-refractivity contribution in [3.8, 4) is 0 Å². The summed E-state index contributed by atoms with van der Waals surface area (Å²) < 4.78 is 5.64. The lowest BCUT2D eigenvalue weighted by Gasteiger charge is -2.25. The molecule has 3 nitrogen and oxygen atoms in total. The molecule has 0 saturated heterocycles. The Morgan fingerprint density at radius 3 is 2.41 bits per heavy atom. The van der Waals surface area contributed by atoms with Crippen molar-refractivity contribution in [3.63, 3.8) is 0 Å². The molecule has 0 bridgehead atoms. The normalized spacial score (nSPS) is 26.9. The van der Waals surface area contributed by atoms with Crippen molar-refractivity contribution in [2.24, 2.45) is 17.3 Å². The number of aliphatic hydroxyl groups excluding tert-OH is 1. The quantitative estimate of drug-likeness (QED) is 0.745. The molecule has 17 heavy (non-hydrogen) atoms. The molecule has 1 aliphatic carbocycles. The Hall–Kier alpha value is -0.410. The minimum atomic E-state index is -0.212. The van der Waals surface area contributed by atoms with Gasteiger partial charge >= 0.3 is 0 Å². The minimum Gasteiger partial charge on any atom is -0.394 e. The fourth-order valence-electron chi connectivity index (χ4n) is 2.89. The maximum absolute atomic E-state index is 11.2. The molecule has 100 valence electrons. The van der Waals surface area contributed by atoms with E-state index < -0.39 is 0 Å². The van der Waals surface area contributed by atoms with Gasteiger partial charge in [-0.05, 0) is 44.4 Å². The SMILES string of the molecule is CC(=O)C[C@@H]1[C@H](CC(C)(C)OCCO)C1(C)C. The van der Waals surface area contributed by atoms with Gasteiger partial charge in [0, 0.05) is 6.42 Å². The highest BCUT2D eigenvalue weighted by Crippen LogP contribution is 2.63. The summed E-state index contributed by atoms with van der Waals surface area (Å²) in [6.45, 7) is 10.7. The molecule has 1 rings (SSSR count). The third kappa shape index (κ3) is 3.78. The van der Waals surface area contributed by atoms with Crippen LogP contribution >= 0.6 is 0 Å². The maximum atomic E-state index is 11.2. The highest BCUT2D eigenvalue weighted by atomic mass is 16.5. The second-order valence-corrected chi connectivity index (χ2v) is 6.48. The summed E-state index contributed by atoms with van der Waals surface area (Å²) in [7, 11) is 0. The second-order valence-electron chi connectivity index (χ2n) is 6.48. The first-order chi connectivity index (χ1) is 7.70. The van der Waals surface area contributed by atoms with E-state index in [1.54, 1.807) is 6.92 Å². The number of rotatable bonds is 7. The van der Waals surface area contributed by atoms with Gasteiger partial charge in [-0.2, -0.15) is 0 Å². The van der Waals surface area contributed by atoms with Crippen LogP contribution in [-0.4, -0.2) is 29.7 Å². The zero-order valence-electron chi connectivity index (χ0n) is 11.7. The van der Waals surface area contributed by atoms with Crippen molar-refractivity contribution in [3.05, 3.63) is 0 Å². The van der Waals surface area contributed by atoms with Gasteiger partial charge in [0.2, 0.25) is 0 Å². The zero-order chi connectivity index (χ0) is 13.3. The highest BCUT2D eigenvalue weighted by Gasteiger charge is 2.58. The van der Waals surface area contributed by atoms with Gasteiger partial charge in [-0.3, -0.25) is 0 Å². The fourth-order valence-corrected chi connectivity index (χ4v) is 2.89. The fraction of sp³-hybridized carbons (Fsp3) is 0.929. The van der Waals surface area contributed by atoms with E-state index in [-0.39, 0.29) is 23.4 Å². The summed E-state index contributed by atoms with van der Waals surface area (Å²) in [5, 5.41) is 8.78. The van der Waals surface area contributed by atoms with Gasteiger partial charge in [-0.15, -0.1) is 0 Å². The Kier molecular flexibility index (Phi) is 4.37. The molecule has 3 heteroatoms. The molecule has 0 aromatic carbocycles. The van der Waals surface area contributed by atoms with Gasteiger partial charge in [-0.1, -0.05) is 13.8 Å². The number of ether oxygens (including phenoxy) is 1. The largest absolute Gasteiger partial charge is 0.394 e. The molecular formula is C14H26O3. The molecule has 0 spiro atoms. The van der Waals surface area contributed by atoms with Crippen molar-refractivity contribution in [1.82, 2.24) is 0 Å². The number of ketones is 1. The van der Waals surface area contributed by atoms with Crippen molar-refractivity contribution < 1.29 is 14.6 Å². The molecule has 2 atom stereocenters. The molecule has 1 aliphatic rings. The Balaban J connectivity index is 2.49. The predicted molar refractivity (Wildman–Crippen MR) is 67.8 cm³/mol. The van der Waals surface area contributed by atoms with Gasteiger partial charge in [0.1, 0.15) is 5.78 Å². The molecule has 0 heterocycles. The Labute approximate surface area is 105 Å². The first-order valence-electron chi connectivity index (χ1n) is 6.45. The molecule has 1 saturated carbocycles. The van der Waals surface area contributed by atoms with Crippen LogP contribution < -0.4 is 0 Å². The van der Waals surface area contributed by atoms with Gasteiger partial charge in [0.05, 0.1) is 18.8 Å². The number of Topliss-reactive ketones (excluding diaryl/α,β-unsaturated/α-hetero) is 1. The van der Waals surface area contributed by atoms with Crippen molar-refractivity contribution >= 4 is 5.78 Å². The summed E-state index contributed by atoms with van der Waals surface area (Å²) in [6, 6.07) is 0. The van der Waals surface area contributed by atoms with Crippen LogP contribution in [0.15, 0.2) is 0 Å². The summed E-state index contributed by atoms with van der Waals surface area (Å²) in [4.78, 5) is 11.2. The second kappa shape index (κ2) is 5.07. The van der Waals surface area contributed by atoms with E-state index in [0.29, 0.717) is 24.9 Å². The van der Waals surface area contributed by atoms with Gasteiger partial charge in [0.25, 0.3) is 0 Å². The Bertz CT molecular complexity index is 281. The number of hydrogen-bond acceptors (Lipinski definition) is 3. The molecular weight excluding hydrogens is 216 g/mol. The van der Waals surface area contributed by atoms with Crippen LogP contribution in [0.4, 0.5) is 0 Å². The molecule has 0 aromatic heterocycles. The van der Waals surface area contributed by atoms with Gasteiger partial charge in [-0.25, -0.2) is 0 Å². The summed E-state index contributed by atoms with van der Waals surface area (Å²) in [5.74, 6) is 1.33. The number of carbonyl (C=O) groups is 1. The topological polar surface area (TPSA) is 46.5 Å². The first-order valence-corrected chi connectivity index (χ1v) is 6.45. The van der Waals surface area contributed by atoms with E-state index in [2.05, 4.69) is 27.7 Å². The molecule has 0 radical (unpaired) electrons. The third-order valence-corrected chi connectivity index (χ3v) is 4.09. The summed E-state index contributed by atoms with van der Waals surface area (Å²) in [6.07, 6.45) is 1.64. The zero-order valence-corrected chi connectivity index (χ0v) is 11.7. The monoisotopic (exact) mass is 242 g/mol. The van der Waals surface area contributed by atoms with Crippen LogP contribution in [0, 0.1) is 17.3 Å². The Morgan fingerprint density at radius 1 is 1.35 bits per heavy atom. The molecule has 0 aliphatic heterocycles. The average molecular weight is 242 g/mol. The van der Waals surface area contributed by atoms with Crippen LogP contribution in [-0.2, 0) is 9.53 Å². The van der Waals surface area contributed by atoms with Crippen molar-refractivity contribution in [2.75, 3.05) is 13.2 Å². The predicted octanol–water partition coefficient (Wildman–Crippen LogP) is 2.42. The van der Waals surface area contributed by atoms with Crippen LogP contribution in [0.1, 0.15) is 47.5 Å². The molecule has 1 N–H and O–H groups in total. The van der Waals surface area contributed by atoms with E-state index >= 15 is 0 Å². The number of aliphatic hydroxyl groups is 1. The van der Waals surface area contributed by atoms with Gasteiger partial charge < -0.3 is 14.6 Å². The summed E-state index contributed by atoms with van der Waals surface area (Å²) in [5.41, 5.74) is 0.0434. The van der Waals surface area contributed by atoms with Crippen LogP contribution in [0.2, 0.25) is 0 Å². The lowest BCUT2D eigenvalue weighted by Crippen LogP contribution is -2.27. The molecule has 0 amide bonds. The van der Waals surface area contributed by atoms with E-state index in [1.807, 2.05) is 0 Å². The van der Waals surface area contributed by atoms with Crippen molar-refractivity contribution in [2.45, 2.75) is 53.1 Å². The average Bonchev–Trinajstić information content (AvgIpc) is 2.65. The van der Waals surface area contributed by atoms with Crippen LogP contribution in [0.5, 0.6) is 0 Å². The standard InChI is InChI=1S/C14H26O3/c1-10(16)8-11-12(14(11,4)5)9-13(2,3)17-7-6-15/h11-12,15H,6-9H2,1-5H3/t11-,12+/m1/s1. The molecule has 1 fully saturated rings. The van der Waals surface area contributed by atoms with Crippen LogP contribution in [0.3, 0.4) is 0 Å². The lowest BCUT2D eigenvalue weighted by molar-refractivity contribution is -0.117. The Morgan fingerprint density at radius 2 is 1.94 bits per heavy atom. The van der Waals surface area contributed by atoms with E-state index in [1.165, 1.54) is 0 Å². The van der Waals surface area contributed by atoms with Crippen molar-refractivity contribution in [1.29, 1.82) is 0 Å². The minimum absolute atomic E-state index is 0.0639. The molecule has 0 unspecified atom stereocenters. The van der Waals surface area contributed by atoms with Gasteiger partial charge in [0.15, 0.2) is 0 Å². The maximum Gasteiger partial charge on any atom is 0.130 e. The van der Waals surface area contributed by atoms with E-state index in [4.69, 9.17) is 9.84 Å². The molecule has 0 aromatic rings. The van der Waals surface area contributed by atoms with Crippen LogP contribution in [0.25, 0.3) is 0 Å². The number of hydrogen-bond donors (Lipinski definition) is 1. The van der Waals surface area contributed by atoms with E-state index in [0.717, 1.165) is 6.42 Å². The first kappa shape index (κ1) is 14.7. The smallest absolute Gasteiger partial charge is 0.130 e. The lowest BCUT2D eigenvalue weighted by atomic mass is 9.97. The number of carbonyl (C=O) groups excluding carboxylic acids is 1. The van der Waals surface area contributed by atoms with E-state index in [9.17, 15) is 4.79 Å².